The second kappa shape index (κ2) is 3.81. The van der Waals surface area contributed by atoms with Crippen molar-refractivity contribution in [1.82, 2.24) is 0 Å². The van der Waals surface area contributed by atoms with Crippen molar-refractivity contribution in [3.05, 3.63) is 35.5 Å². The first-order valence-electron chi connectivity index (χ1n) is 4.11. The van der Waals surface area contributed by atoms with E-state index in [2.05, 4.69) is 0 Å². The van der Waals surface area contributed by atoms with Crippen LogP contribution in [0.5, 0.6) is 0 Å². The van der Waals surface area contributed by atoms with Crippen molar-refractivity contribution in [2.75, 3.05) is 0 Å². The predicted molar refractivity (Wildman–Crippen MR) is 46.3 cm³/mol. The van der Waals surface area contributed by atoms with Crippen molar-refractivity contribution >= 4 is 0 Å². The molecule has 0 nitrogen and oxygen atoms in total. The summed E-state index contributed by atoms with van der Waals surface area (Å²) in [5.41, 5.74) is 0.560. The average Bonchev–Trinajstić information content (AvgIpc) is 1.93. The van der Waals surface area contributed by atoms with E-state index < -0.39 is 11.7 Å². The molecule has 1 aliphatic carbocycles. The molecule has 0 unspecified atom stereocenters. The molecule has 0 heterocycles. The van der Waals surface area contributed by atoms with E-state index in [4.69, 9.17) is 0 Å². The van der Waals surface area contributed by atoms with Crippen LogP contribution in [-0.2, 0) is 0 Å². The maximum absolute atomic E-state index is 12.2. The average molecular weight is 188 g/mol. The lowest BCUT2D eigenvalue weighted by Gasteiger charge is -2.09. The molecule has 0 saturated carbocycles. The van der Waals surface area contributed by atoms with E-state index in [1.165, 1.54) is 12.2 Å². The van der Waals surface area contributed by atoms with E-state index in [-0.39, 0.29) is 0 Å². The van der Waals surface area contributed by atoms with Crippen LogP contribution >= 0.6 is 0 Å². The standard InChI is InChI=1S/C10H11F3/c1-8-4-2-6-9(7-3-5-8)10(11,12)13/h2,4,6-7H,3,5H2,1H3/b6-2-,8-4-,9-7+. The van der Waals surface area contributed by atoms with E-state index in [9.17, 15) is 13.2 Å². The van der Waals surface area contributed by atoms with Gasteiger partial charge in [0.1, 0.15) is 0 Å². The van der Waals surface area contributed by atoms with E-state index in [1.54, 1.807) is 6.08 Å². The van der Waals surface area contributed by atoms with E-state index >= 15 is 0 Å². The monoisotopic (exact) mass is 188 g/mol. The highest BCUT2D eigenvalue weighted by Crippen LogP contribution is 2.28. The van der Waals surface area contributed by atoms with Gasteiger partial charge in [-0.3, -0.25) is 0 Å². The molecule has 72 valence electrons. The minimum absolute atomic E-state index is 0.460. The number of halogens is 3. The number of allylic oxidation sites excluding steroid dienone is 6. The van der Waals surface area contributed by atoms with Crippen LogP contribution in [0, 0.1) is 0 Å². The lowest BCUT2D eigenvalue weighted by atomic mass is 10.1. The van der Waals surface area contributed by atoms with Gasteiger partial charge in [-0.2, -0.15) is 13.2 Å². The highest BCUT2D eigenvalue weighted by molar-refractivity contribution is 5.29. The Hall–Kier alpha value is -0.990. The molecule has 0 aliphatic heterocycles. The lowest BCUT2D eigenvalue weighted by Crippen LogP contribution is -2.10. The first kappa shape index (κ1) is 10.1. The number of hydrogen-bond donors (Lipinski definition) is 0. The summed E-state index contributed by atoms with van der Waals surface area (Å²) in [6.07, 6.45) is 2.48. The van der Waals surface area contributed by atoms with Crippen LogP contribution in [0.25, 0.3) is 0 Å². The number of rotatable bonds is 0. The summed E-state index contributed by atoms with van der Waals surface area (Å²) in [7, 11) is 0. The fraction of sp³-hybridized carbons (Fsp3) is 0.400. The largest absolute Gasteiger partial charge is 0.416 e. The third-order valence-corrected chi connectivity index (χ3v) is 1.89. The Kier molecular flexibility index (Phi) is 2.96. The van der Waals surface area contributed by atoms with Gasteiger partial charge < -0.3 is 0 Å². The first-order chi connectivity index (χ1) is 6.00. The zero-order valence-corrected chi connectivity index (χ0v) is 7.36. The van der Waals surface area contributed by atoms with Crippen molar-refractivity contribution in [2.45, 2.75) is 25.9 Å². The molecule has 0 fully saturated rings. The van der Waals surface area contributed by atoms with Gasteiger partial charge >= 0.3 is 6.18 Å². The molecular formula is C10H11F3. The molecule has 1 aliphatic rings. The molecule has 0 aromatic carbocycles. The summed E-state index contributed by atoms with van der Waals surface area (Å²) in [4.78, 5) is 0. The molecule has 0 aromatic rings. The smallest absolute Gasteiger partial charge is 0.166 e. The zero-order chi connectivity index (χ0) is 9.90. The summed E-state index contributed by atoms with van der Waals surface area (Å²) in [6, 6.07) is 0. The number of alkyl halides is 3. The van der Waals surface area contributed by atoms with Crippen LogP contribution in [0.4, 0.5) is 13.2 Å². The third kappa shape index (κ3) is 3.09. The molecule has 0 saturated heterocycles. The summed E-state index contributed by atoms with van der Waals surface area (Å²) in [5.74, 6) is 0. The number of hydrogen-bond acceptors (Lipinski definition) is 0. The highest BCUT2D eigenvalue weighted by atomic mass is 19.4. The van der Waals surface area contributed by atoms with Gasteiger partial charge in [-0.15, -0.1) is 0 Å². The molecular weight excluding hydrogens is 177 g/mol. The second-order valence-electron chi connectivity index (χ2n) is 3.07. The van der Waals surface area contributed by atoms with Crippen molar-refractivity contribution in [3.8, 4) is 0 Å². The van der Waals surface area contributed by atoms with Crippen LogP contribution in [0.2, 0.25) is 0 Å². The first-order valence-corrected chi connectivity index (χ1v) is 4.11. The molecule has 13 heavy (non-hydrogen) atoms. The van der Waals surface area contributed by atoms with Crippen LogP contribution in [0.15, 0.2) is 35.5 Å². The zero-order valence-electron chi connectivity index (χ0n) is 7.36. The molecule has 0 spiro atoms. The summed E-state index contributed by atoms with van der Waals surface area (Å²) in [6.45, 7) is 1.91. The van der Waals surface area contributed by atoms with E-state index in [0.29, 0.717) is 12.8 Å². The molecule has 3 heteroatoms. The maximum atomic E-state index is 12.2. The lowest BCUT2D eigenvalue weighted by molar-refractivity contribution is -0.0884. The van der Waals surface area contributed by atoms with Gasteiger partial charge in [-0.1, -0.05) is 29.9 Å². The van der Waals surface area contributed by atoms with Gasteiger partial charge in [0.15, 0.2) is 0 Å². The quantitative estimate of drug-likeness (QED) is 0.542. The van der Waals surface area contributed by atoms with Gasteiger partial charge in [0.25, 0.3) is 0 Å². The van der Waals surface area contributed by atoms with Gasteiger partial charge in [-0.25, -0.2) is 0 Å². The van der Waals surface area contributed by atoms with Crippen molar-refractivity contribution in [1.29, 1.82) is 0 Å². The maximum Gasteiger partial charge on any atom is 0.416 e. The molecule has 0 N–H and O–H groups in total. The Morgan fingerprint density at radius 1 is 1.31 bits per heavy atom. The van der Waals surface area contributed by atoms with Crippen LogP contribution in [0.1, 0.15) is 19.8 Å². The minimum atomic E-state index is -4.21. The van der Waals surface area contributed by atoms with Crippen molar-refractivity contribution in [2.24, 2.45) is 0 Å². The highest BCUT2D eigenvalue weighted by Gasteiger charge is 2.31. The van der Waals surface area contributed by atoms with Crippen LogP contribution < -0.4 is 0 Å². The van der Waals surface area contributed by atoms with E-state index in [1.807, 2.05) is 6.92 Å². The van der Waals surface area contributed by atoms with Gasteiger partial charge in [-0.05, 0) is 19.8 Å². The fourth-order valence-corrected chi connectivity index (χ4v) is 1.13. The van der Waals surface area contributed by atoms with E-state index in [0.717, 1.165) is 11.6 Å². The van der Waals surface area contributed by atoms with Crippen molar-refractivity contribution < 1.29 is 13.2 Å². The molecule has 0 radical (unpaired) electrons. The van der Waals surface area contributed by atoms with Crippen LogP contribution in [0.3, 0.4) is 0 Å². The Labute approximate surface area is 75.4 Å². The Bertz CT molecular complexity index is 266. The molecule has 0 bridgehead atoms. The topological polar surface area (TPSA) is 0 Å². The van der Waals surface area contributed by atoms with Crippen molar-refractivity contribution in [3.63, 3.8) is 0 Å². The van der Waals surface area contributed by atoms with Gasteiger partial charge in [0, 0.05) is 0 Å². The summed E-state index contributed by atoms with van der Waals surface area (Å²) in [5, 5.41) is 0. The summed E-state index contributed by atoms with van der Waals surface area (Å²) >= 11 is 0. The molecule has 0 atom stereocenters. The van der Waals surface area contributed by atoms with Gasteiger partial charge in [0.05, 0.1) is 5.57 Å². The predicted octanol–water partition coefficient (Wildman–Crippen LogP) is 3.77. The second-order valence-corrected chi connectivity index (χ2v) is 3.07. The Morgan fingerprint density at radius 2 is 2.00 bits per heavy atom. The SMILES string of the molecule is C/C1=C/C=C\C(C(F)(F)F)=C/CC1. The Balaban J connectivity index is 2.84. The van der Waals surface area contributed by atoms with Gasteiger partial charge in [0.2, 0.25) is 0 Å². The summed E-state index contributed by atoms with van der Waals surface area (Å²) < 4.78 is 36.6. The molecule has 0 aromatic heterocycles. The molecule has 0 amide bonds. The van der Waals surface area contributed by atoms with Crippen LogP contribution in [-0.4, -0.2) is 6.18 Å². The fourth-order valence-electron chi connectivity index (χ4n) is 1.13. The molecule has 1 rings (SSSR count). The normalized spacial score (nSPS) is 29.2. The third-order valence-electron chi connectivity index (χ3n) is 1.89. The Morgan fingerprint density at radius 3 is 2.62 bits per heavy atom. The minimum Gasteiger partial charge on any atom is -0.166 e.